The number of hydrogen-bond acceptors (Lipinski definition) is 2. The molecule has 0 bridgehead atoms. The van der Waals surface area contributed by atoms with Crippen molar-refractivity contribution in [3.63, 3.8) is 0 Å². The molecule has 1 aliphatic rings. The van der Waals surface area contributed by atoms with Crippen LogP contribution in [0.3, 0.4) is 0 Å². The van der Waals surface area contributed by atoms with Crippen LogP contribution in [0.25, 0.3) is 0 Å². The topological polar surface area (TPSA) is 29.5 Å². The van der Waals surface area contributed by atoms with Crippen molar-refractivity contribution in [3.05, 3.63) is 57.6 Å². The first kappa shape index (κ1) is 19.8. The zero-order valence-corrected chi connectivity index (χ0v) is 18.3. The van der Waals surface area contributed by atoms with Crippen LogP contribution in [0.15, 0.2) is 24.3 Å². The molecule has 0 aromatic heterocycles. The minimum absolute atomic E-state index is 0.0933. The van der Waals surface area contributed by atoms with Gasteiger partial charge in [-0.2, -0.15) is 0 Å². The van der Waals surface area contributed by atoms with E-state index < -0.39 is 0 Å². The van der Waals surface area contributed by atoms with Crippen molar-refractivity contribution in [2.45, 2.75) is 79.2 Å². The van der Waals surface area contributed by atoms with Gasteiger partial charge in [0.05, 0.1) is 0 Å². The molecule has 1 N–H and O–H groups in total. The largest absolute Gasteiger partial charge is 0.507 e. The van der Waals surface area contributed by atoms with Crippen LogP contribution in [-0.4, -0.2) is 5.11 Å². The molecule has 1 atom stereocenters. The van der Waals surface area contributed by atoms with E-state index in [2.05, 4.69) is 86.6 Å². The van der Waals surface area contributed by atoms with Gasteiger partial charge in [-0.25, -0.2) is 0 Å². The van der Waals surface area contributed by atoms with Crippen molar-refractivity contribution in [2.24, 2.45) is 5.92 Å². The maximum atomic E-state index is 11.2. The van der Waals surface area contributed by atoms with Crippen molar-refractivity contribution < 1.29 is 9.84 Å². The molecule has 146 valence electrons. The van der Waals surface area contributed by atoms with Crippen LogP contribution < -0.4 is 4.74 Å². The third kappa shape index (κ3) is 3.35. The zero-order valence-electron chi connectivity index (χ0n) is 18.3. The average Bonchev–Trinajstić information content (AvgIpc) is 2.51. The maximum Gasteiger partial charge on any atom is 0.132 e. The smallest absolute Gasteiger partial charge is 0.132 e. The second kappa shape index (κ2) is 6.29. The summed E-state index contributed by atoms with van der Waals surface area (Å²) in [6, 6.07) is 8.73. The Morgan fingerprint density at radius 2 is 1.48 bits per heavy atom. The minimum atomic E-state index is -0.233. The highest BCUT2D eigenvalue weighted by Gasteiger charge is 2.41. The molecule has 27 heavy (non-hydrogen) atoms. The number of phenolic OH excluding ortho intramolecular Hbond substituents is 1. The molecular weight excluding hydrogens is 332 g/mol. The molecule has 1 heterocycles. The van der Waals surface area contributed by atoms with Crippen LogP contribution in [0.2, 0.25) is 0 Å². The fourth-order valence-electron chi connectivity index (χ4n) is 4.36. The summed E-state index contributed by atoms with van der Waals surface area (Å²) in [6.45, 7) is 19.4. The number of ether oxygens (including phenoxy) is 1. The number of benzene rings is 2. The SMILES string of the molecule is Cc1cc(C(c2cc(C)cc3c2OC3(C)C)C(C)C)c(O)c(C(C)(C)C)c1. The monoisotopic (exact) mass is 366 g/mol. The molecule has 1 unspecified atom stereocenters. The number of aryl methyl sites for hydroxylation is 2. The van der Waals surface area contributed by atoms with Crippen molar-refractivity contribution in [3.8, 4) is 11.5 Å². The Balaban J connectivity index is 2.25. The first-order valence-electron chi connectivity index (χ1n) is 10.0. The van der Waals surface area contributed by atoms with Gasteiger partial charge in [0.25, 0.3) is 0 Å². The Morgan fingerprint density at radius 3 is 2.00 bits per heavy atom. The molecule has 0 spiro atoms. The Bertz CT molecular complexity index is 882. The highest BCUT2D eigenvalue weighted by atomic mass is 16.5. The summed E-state index contributed by atoms with van der Waals surface area (Å²) in [4.78, 5) is 0. The van der Waals surface area contributed by atoms with E-state index in [4.69, 9.17) is 4.74 Å². The molecule has 2 nitrogen and oxygen atoms in total. The number of hydrogen-bond donors (Lipinski definition) is 1. The first-order valence-corrected chi connectivity index (χ1v) is 10.0. The fourth-order valence-corrected chi connectivity index (χ4v) is 4.36. The Labute approximate surface area is 164 Å². The highest BCUT2D eigenvalue weighted by Crippen LogP contribution is 2.52. The molecule has 1 aliphatic heterocycles. The quantitative estimate of drug-likeness (QED) is 0.653. The number of rotatable bonds is 3. The average molecular weight is 367 g/mol. The van der Waals surface area contributed by atoms with Gasteiger partial charge in [0, 0.05) is 22.6 Å². The predicted octanol–water partition coefficient (Wildman–Crippen LogP) is 6.72. The molecule has 0 saturated carbocycles. The molecule has 0 amide bonds. The Morgan fingerprint density at radius 1 is 0.926 bits per heavy atom. The van der Waals surface area contributed by atoms with Crippen molar-refractivity contribution in [2.75, 3.05) is 0 Å². The highest BCUT2D eigenvalue weighted by molar-refractivity contribution is 5.59. The predicted molar refractivity (Wildman–Crippen MR) is 113 cm³/mol. The van der Waals surface area contributed by atoms with Gasteiger partial charge in [-0.05, 0) is 50.7 Å². The van der Waals surface area contributed by atoms with Crippen LogP contribution in [0.5, 0.6) is 11.5 Å². The first-order chi connectivity index (χ1) is 12.3. The van der Waals surface area contributed by atoms with Crippen molar-refractivity contribution >= 4 is 0 Å². The second-order valence-electron chi connectivity index (χ2n) is 10.1. The second-order valence-corrected chi connectivity index (χ2v) is 10.1. The summed E-state index contributed by atoms with van der Waals surface area (Å²) in [5, 5.41) is 11.2. The van der Waals surface area contributed by atoms with Gasteiger partial charge in [-0.15, -0.1) is 0 Å². The van der Waals surface area contributed by atoms with Gasteiger partial charge in [0.1, 0.15) is 17.1 Å². The summed E-state index contributed by atoms with van der Waals surface area (Å²) >= 11 is 0. The molecule has 0 fully saturated rings. The van der Waals surface area contributed by atoms with Gasteiger partial charge in [0.15, 0.2) is 0 Å². The summed E-state index contributed by atoms with van der Waals surface area (Å²) in [5.41, 5.74) is 6.57. The summed E-state index contributed by atoms with van der Waals surface area (Å²) < 4.78 is 6.20. The lowest BCUT2D eigenvalue weighted by molar-refractivity contribution is 0.0491. The number of phenols is 1. The molecule has 0 radical (unpaired) electrons. The molecule has 2 aromatic rings. The van der Waals surface area contributed by atoms with Crippen LogP contribution in [-0.2, 0) is 11.0 Å². The van der Waals surface area contributed by atoms with E-state index in [-0.39, 0.29) is 16.9 Å². The molecular formula is C25H34O2. The summed E-state index contributed by atoms with van der Waals surface area (Å²) in [7, 11) is 0. The normalized spacial score (nSPS) is 16.5. The Hall–Kier alpha value is -1.96. The van der Waals surface area contributed by atoms with Crippen molar-refractivity contribution in [1.29, 1.82) is 0 Å². The molecule has 3 rings (SSSR count). The lowest BCUT2D eigenvalue weighted by Crippen LogP contribution is -2.36. The van der Waals surface area contributed by atoms with Crippen LogP contribution in [0.1, 0.15) is 87.8 Å². The van der Waals surface area contributed by atoms with Gasteiger partial charge in [0.2, 0.25) is 0 Å². The van der Waals surface area contributed by atoms with Crippen molar-refractivity contribution in [1.82, 2.24) is 0 Å². The number of fused-ring (bicyclic) bond motifs is 1. The molecule has 2 aromatic carbocycles. The minimum Gasteiger partial charge on any atom is -0.507 e. The third-order valence-corrected chi connectivity index (χ3v) is 5.70. The molecule has 0 saturated heterocycles. The zero-order chi connectivity index (χ0) is 20.3. The summed E-state index contributed by atoms with van der Waals surface area (Å²) in [6.07, 6.45) is 0. The molecule has 2 heteroatoms. The fraction of sp³-hybridized carbons (Fsp3) is 0.520. The Kier molecular flexibility index (Phi) is 4.61. The van der Waals surface area contributed by atoms with Gasteiger partial charge in [-0.1, -0.05) is 63.9 Å². The van der Waals surface area contributed by atoms with E-state index in [0.29, 0.717) is 11.7 Å². The molecule has 0 aliphatic carbocycles. The standard InChI is InChI=1S/C25H34O2/c1-14(2)21(17-10-15(3)12-19(22(17)26)24(5,6)7)18-11-16(4)13-20-23(18)27-25(20,8)9/h10-14,21,26H,1-9H3. The van der Waals surface area contributed by atoms with E-state index in [1.807, 2.05) is 0 Å². The van der Waals surface area contributed by atoms with E-state index >= 15 is 0 Å². The third-order valence-electron chi connectivity index (χ3n) is 5.70. The summed E-state index contributed by atoms with van der Waals surface area (Å²) in [5.74, 6) is 1.86. The van der Waals surface area contributed by atoms with Gasteiger partial charge in [-0.3, -0.25) is 0 Å². The van der Waals surface area contributed by atoms with Crippen LogP contribution in [0, 0.1) is 19.8 Å². The van der Waals surface area contributed by atoms with E-state index in [0.717, 1.165) is 16.9 Å². The van der Waals surface area contributed by atoms with Gasteiger partial charge >= 0.3 is 0 Å². The lowest BCUT2D eigenvalue weighted by atomic mass is 9.75. The maximum absolute atomic E-state index is 11.2. The van der Waals surface area contributed by atoms with E-state index in [1.165, 1.54) is 22.3 Å². The van der Waals surface area contributed by atoms with Gasteiger partial charge < -0.3 is 9.84 Å². The lowest BCUT2D eigenvalue weighted by Gasteiger charge is -2.42. The van der Waals surface area contributed by atoms with Crippen LogP contribution >= 0.6 is 0 Å². The van der Waals surface area contributed by atoms with E-state index in [9.17, 15) is 5.11 Å². The van der Waals surface area contributed by atoms with Crippen LogP contribution in [0.4, 0.5) is 0 Å². The number of aromatic hydroxyl groups is 1. The van der Waals surface area contributed by atoms with E-state index in [1.54, 1.807) is 0 Å².